The molecule has 0 spiro atoms. The van der Waals surface area contributed by atoms with Crippen LogP contribution < -0.4 is 10.1 Å². The van der Waals surface area contributed by atoms with Gasteiger partial charge in [0.1, 0.15) is 5.75 Å². The third-order valence-electron chi connectivity index (χ3n) is 2.90. The summed E-state index contributed by atoms with van der Waals surface area (Å²) in [6.07, 6.45) is 2.77. The Kier molecular flexibility index (Phi) is 8.04. The molecular formula is C17H22N2O5. The van der Waals surface area contributed by atoms with Gasteiger partial charge in [-0.05, 0) is 19.1 Å². The molecule has 2 amide bonds. The van der Waals surface area contributed by atoms with Crippen LogP contribution in [0.3, 0.4) is 0 Å². The molecule has 0 aliphatic carbocycles. The van der Waals surface area contributed by atoms with Crippen molar-refractivity contribution in [2.45, 2.75) is 6.92 Å². The lowest BCUT2D eigenvalue weighted by atomic mass is 10.2. The van der Waals surface area contributed by atoms with Gasteiger partial charge in [-0.25, -0.2) is 4.79 Å². The van der Waals surface area contributed by atoms with Crippen molar-refractivity contribution >= 4 is 23.9 Å². The second-order valence-electron chi connectivity index (χ2n) is 4.98. The fraction of sp³-hybridized carbons (Fsp3) is 0.353. The van der Waals surface area contributed by atoms with E-state index < -0.39 is 18.5 Å². The highest BCUT2D eigenvalue weighted by atomic mass is 16.5. The van der Waals surface area contributed by atoms with Crippen LogP contribution in [0.15, 0.2) is 30.3 Å². The van der Waals surface area contributed by atoms with Gasteiger partial charge in [0.05, 0.1) is 13.2 Å². The van der Waals surface area contributed by atoms with Crippen LogP contribution in [0.4, 0.5) is 0 Å². The van der Waals surface area contributed by atoms with E-state index in [9.17, 15) is 14.4 Å². The fourth-order valence-corrected chi connectivity index (χ4v) is 1.63. The monoisotopic (exact) mass is 334 g/mol. The highest BCUT2D eigenvalue weighted by Crippen LogP contribution is 2.19. The average Bonchev–Trinajstić information content (AvgIpc) is 2.57. The Balaban J connectivity index is 2.43. The van der Waals surface area contributed by atoms with E-state index in [1.165, 1.54) is 11.0 Å². The quantitative estimate of drug-likeness (QED) is 0.563. The number of amides is 2. The van der Waals surface area contributed by atoms with Crippen molar-refractivity contribution in [3.8, 4) is 5.75 Å². The van der Waals surface area contributed by atoms with Crippen molar-refractivity contribution in [2.24, 2.45) is 0 Å². The number of ether oxygens (including phenoxy) is 2. The molecule has 7 nitrogen and oxygen atoms in total. The standard InChI is InChI=1S/C17H22N2O5/c1-4-23-14-8-6-5-7-13(14)9-10-17(22)24-12-15(20)18-11-16(21)19(2)3/h5-10H,4,11-12H2,1-3H3,(H,18,20)/b10-9+. The number of nitrogens with zero attached hydrogens (tertiary/aromatic N) is 1. The number of likely N-dealkylation sites (N-methyl/N-ethyl adjacent to an activating group) is 1. The minimum atomic E-state index is -0.657. The lowest BCUT2D eigenvalue weighted by Gasteiger charge is -2.10. The number of rotatable bonds is 8. The Bertz CT molecular complexity index is 611. The Labute approximate surface area is 141 Å². The van der Waals surface area contributed by atoms with E-state index in [0.29, 0.717) is 12.4 Å². The van der Waals surface area contributed by atoms with Gasteiger partial charge in [0.2, 0.25) is 5.91 Å². The van der Waals surface area contributed by atoms with E-state index in [0.717, 1.165) is 5.56 Å². The summed E-state index contributed by atoms with van der Waals surface area (Å²) < 4.78 is 10.3. The normalized spacial score (nSPS) is 10.3. The number of hydrogen-bond acceptors (Lipinski definition) is 5. The molecule has 0 unspecified atom stereocenters. The van der Waals surface area contributed by atoms with Crippen molar-refractivity contribution in [2.75, 3.05) is 33.9 Å². The summed E-state index contributed by atoms with van der Waals surface area (Å²) >= 11 is 0. The number of nitrogens with one attached hydrogen (secondary N) is 1. The van der Waals surface area contributed by atoms with Gasteiger partial charge in [-0.15, -0.1) is 0 Å². The van der Waals surface area contributed by atoms with Crippen LogP contribution in [0.5, 0.6) is 5.75 Å². The molecule has 0 atom stereocenters. The van der Waals surface area contributed by atoms with E-state index >= 15 is 0 Å². The van der Waals surface area contributed by atoms with Crippen LogP contribution in [0.2, 0.25) is 0 Å². The topological polar surface area (TPSA) is 84.9 Å². The van der Waals surface area contributed by atoms with Crippen LogP contribution in [0, 0.1) is 0 Å². The smallest absolute Gasteiger partial charge is 0.331 e. The highest BCUT2D eigenvalue weighted by Gasteiger charge is 2.09. The van der Waals surface area contributed by atoms with Crippen molar-refractivity contribution < 1.29 is 23.9 Å². The van der Waals surface area contributed by atoms with Gasteiger partial charge in [0.25, 0.3) is 5.91 Å². The first-order valence-corrected chi connectivity index (χ1v) is 7.47. The second kappa shape index (κ2) is 10.0. The lowest BCUT2D eigenvalue weighted by Crippen LogP contribution is -2.38. The molecule has 0 radical (unpaired) electrons. The Hall–Kier alpha value is -2.83. The van der Waals surface area contributed by atoms with Gasteiger partial charge >= 0.3 is 5.97 Å². The molecular weight excluding hydrogens is 312 g/mol. The molecule has 1 N–H and O–H groups in total. The summed E-state index contributed by atoms with van der Waals surface area (Å²) in [5, 5.41) is 2.37. The number of para-hydroxylation sites is 1. The van der Waals surface area contributed by atoms with Gasteiger partial charge in [0, 0.05) is 25.7 Å². The molecule has 1 aromatic rings. The summed E-state index contributed by atoms with van der Waals surface area (Å²) in [6, 6.07) is 7.25. The second-order valence-corrected chi connectivity index (χ2v) is 4.98. The molecule has 0 fully saturated rings. The first-order chi connectivity index (χ1) is 11.4. The van der Waals surface area contributed by atoms with Crippen LogP contribution >= 0.6 is 0 Å². The van der Waals surface area contributed by atoms with Crippen LogP contribution in [0.25, 0.3) is 6.08 Å². The number of esters is 1. The van der Waals surface area contributed by atoms with Gasteiger partial charge in [-0.3, -0.25) is 9.59 Å². The van der Waals surface area contributed by atoms with E-state index in [1.807, 2.05) is 19.1 Å². The molecule has 24 heavy (non-hydrogen) atoms. The third-order valence-corrected chi connectivity index (χ3v) is 2.90. The summed E-state index contributed by atoms with van der Waals surface area (Å²) in [4.78, 5) is 35.8. The van der Waals surface area contributed by atoms with E-state index in [2.05, 4.69) is 5.32 Å². The lowest BCUT2D eigenvalue weighted by molar-refractivity contribution is -0.144. The maximum atomic E-state index is 11.6. The summed E-state index contributed by atoms with van der Waals surface area (Å²) in [5.41, 5.74) is 0.734. The molecule has 0 aliphatic rings. The first kappa shape index (κ1) is 19.2. The summed E-state index contributed by atoms with van der Waals surface area (Å²) in [5.74, 6) is -0.789. The zero-order valence-corrected chi connectivity index (χ0v) is 14.1. The van der Waals surface area contributed by atoms with Crippen molar-refractivity contribution in [3.63, 3.8) is 0 Å². The van der Waals surface area contributed by atoms with Gasteiger partial charge in [0.15, 0.2) is 6.61 Å². The molecule has 0 aromatic heterocycles. The Morgan fingerprint density at radius 1 is 1.21 bits per heavy atom. The minimum absolute atomic E-state index is 0.138. The van der Waals surface area contributed by atoms with Crippen molar-refractivity contribution in [1.82, 2.24) is 10.2 Å². The average molecular weight is 334 g/mol. The SMILES string of the molecule is CCOc1ccccc1/C=C/C(=O)OCC(=O)NCC(=O)N(C)C. The third kappa shape index (κ3) is 6.95. The summed E-state index contributed by atoms with van der Waals surface area (Å²) in [6.45, 7) is 1.80. The molecule has 1 rings (SSSR count). The van der Waals surface area contributed by atoms with Gasteiger partial charge < -0.3 is 19.7 Å². The van der Waals surface area contributed by atoms with Crippen LogP contribution in [-0.4, -0.2) is 56.5 Å². The maximum Gasteiger partial charge on any atom is 0.331 e. The molecule has 0 heterocycles. The van der Waals surface area contributed by atoms with Gasteiger partial charge in [-0.1, -0.05) is 18.2 Å². The molecule has 0 saturated heterocycles. The number of benzene rings is 1. The van der Waals surface area contributed by atoms with Crippen LogP contribution in [-0.2, 0) is 19.1 Å². The fourth-order valence-electron chi connectivity index (χ4n) is 1.63. The van der Waals surface area contributed by atoms with E-state index in [4.69, 9.17) is 9.47 Å². The van der Waals surface area contributed by atoms with E-state index in [1.54, 1.807) is 32.3 Å². The molecule has 1 aromatic carbocycles. The number of carbonyl (C=O) groups is 3. The molecule has 0 bridgehead atoms. The molecule has 0 aliphatic heterocycles. The zero-order valence-electron chi connectivity index (χ0n) is 14.1. The predicted molar refractivity (Wildman–Crippen MR) is 89.3 cm³/mol. The van der Waals surface area contributed by atoms with Crippen molar-refractivity contribution in [3.05, 3.63) is 35.9 Å². The number of carbonyl (C=O) groups excluding carboxylic acids is 3. The van der Waals surface area contributed by atoms with Crippen molar-refractivity contribution in [1.29, 1.82) is 0 Å². The predicted octanol–water partition coefficient (Wildman–Crippen LogP) is 0.846. The molecule has 0 saturated carbocycles. The van der Waals surface area contributed by atoms with Crippen LogP contribution in [0.1, 0.15) is 12.5 Å². The zero-order chi connectivity index (χ0) is 17.9. The van der Waals surface area contributed by atoms with Gasteiger partial charge in [-0.2, -0.15) is 0 Å². The largest absolute Gasteiger partial charge is 0.493 e. The van der Waals surface area contributed by atoms with E-state index in [-0.39, 0.29) is 12.5 Å². The highest BCUT2D eigenvalue weighted by molar-refractivity contribution is 5.90. The first-order valence-electron chi connectivity index (χ1n) is 7.47. The summed E-state index contributed by atoms with van der Waals surface area (Å²) in [7, 11) is 3.17. The number of hydrogen-bond donors (Lipinski definition) is 1. The minimum Gasteiger partial charge on any atom is -0.493 e. The molecule has 7 heteroatoms. The maximum absolute atomic E-state index is 11.6. The Morgan fingerprint density at radius 3 is 2.58 bits per heavy atom. The molecule has 130 valence electrons. The Morgan fingerprint density at radius 2 is 1.92 bits per heavy atom.